The van der Waals surface area contributed by atoms with Crippen LogP contribution in [0.15, 0.2) is 12.7 Å². The Morgan fingerprint density at radius 3 is 2.70 bits per heavy atom. The molecule has 0 aliphatic heterocycles. The topological polar surface area (TPSA) is 81.7 Å². The van der Waals surface area contributed by atoms with Crippen LogP contribution in [0.2, 0.25) is 0 Å². The Balaban J connectivity index is 2.15. The first-order chi connectivity index (χ1) is 9.56. The molecule has 0 aromatic heterocycles. The molecule has 0 atom stereocenters. The zero-order chi connectivity index (χ0) is 15.0. The first kappa shape index (κ1) is 16.5. The van der Waals surface area contributed by atoms with Crippen molar-refractivity contribution in [1.29, 1.82) is 0 Å². The first-order valence-electron chi connectivity index (χ1n) is 7.17. The predicted molar refractivity (Wildman–Crippen MR) is 77.7 cm³/mol. The molecular weight excluding hydrogens is 258 g/mol. The van der Waals surface area contributed by atoms with Gasteiger partial charge in [0.05, 0.1) is 6.54 Å². The van der Waals surface area contributed by atoms with Gasteiger partial charge in [-0.3, -0.25) is 9.69 Å². The Kier molecular flexibility index (Phi) is 7.08. The number of likely N-dealkylation sites (N-methyl/N-ethyl adjacent to an activating group) is 1. The average Bonchev–Trinajstić information content (AvgIpc) is 2.36. The van der Waals surface area contributed by atoms with Crippen LogP contribution in [-0.2, 0) is 4.79 Å². The van der Waals surface area contributed by atoms with Gasteiger partial charge in [-0.15, -0.1) is 6.58 Å². The van der Waals surface area contributed by atoms with Crippen LogP contribution in [0.3, 0.4) is 0 Å². The molecule has 1 aliphatic rings. The number of amides is 2. The molecule has 114 valence electrons. The van der Waals surface area contributed by atoms with Crippen molar-refractivity contribution in [3.63, 3.8) is 0 Å². The number of hydrogen-bond donors (Lipinski definition) is 3. The molecule has 0 unspecified atom stereocenters. The van der Waals surface area contributed by atoms with Crippen molar-refractivity contribution in [1.82, 2.24) is 15.5 Å². The number of nitrogens with zero attached hydrogens (tertiary/aromatic N) is 1. The third kappa shape index (κ3) is 5.61. The van der Waals surface area contributed by atoms with E-state index in [2.05, 4.69) is 17.2 Å². The maximum Gasteiger partial charge on any atom is 0.317 e. The quantitative estimate of drug-likeness (QED) is 0.438. The largest absolute Gasteiger partial charge is 0.480 e. The second-order valence-electron chi connectivity index (χ2n) is 5.11. The van der Waals surface area contributed by atoms with Crippen molar-refractivity contribution < 1.29 is 14.7 Å². The summed E-state index contributed by atoms with van der Waals surface area (Å²) in [5, 5.41) is 14.5. The molecule has 6 heteroatoms. The van der Waals surface area contributed by atoms with E-state index in [1.165, 1.54) is 0 Å². The Morgan fingerprint density at radius 1 is 1.45 bits per heavy atom. The summed E-state index contributed by atoms with van der Waals surface area (Å²) >= 11 is 0. The van der Waals surface area contributed by atoms with E-state index < -0.39 is 5.97 Å². The fourth-order valence-corrected chi connectivity index (χ4v) is 2.36. The summed E-state index contributed by atoms with van der Waals surface area (Å²) in [5.74, 6) is -0.803. The highest BCUT2D eigenvalue weighted by Crippen LogP contribution is 2.25. The molecule has 0 spiro atoms. The Bertz CT molecular complexity index is 341. The number of carbonyl (C=O) groups is 2. The summed E-state index contributed by atoms with van der Waals surface area (Å²) in [7, 11) is 0. The lowest BCUT2D eigenvalue weighted by atomic mass is 9.85. The van der Waals surface area contributed by atoms with Crippen molar-refractivity contribution >= 4 is 12.0 Å². The van der Waals surface area contributed by atoms with Crippen molar-refractivity contribution in [2.75, 3.05) is 19.6 Å². The van der Waals surface area contributed by atoms with Crippen molar-refractivity contribution in [2.24, 2.45) is 0 Å². The van der Waals surface area contributed by atoms with Crippen LogP contribution < -0.4 is 10.6 Å². The van der Waals surface area contributed by atoms with E-state index in [4.69, 9.17) is 5.11 Å². The van der Waals surface area contributed by atoms with E-state index in [-0.39, 0.29) is 24.7 Å². The van der Waals surface area contributed by atoms with Gasteiger partial charge in [0.15, 0.2) is 0 Å². The number of carboxylic acids is 1. The van der Waals surface area contributed by atoms with Gasteiger partial charge >= 0.3 is 12.0 Å². The smallest absolute Gasteiger partial charge is 0.317 e. The number of rotatable bonds is 9. The number of hydrogen-bond acceptors (Lipinski definition) is 3. The molecule has 1 rings (SSSR count). The molecule has 0 heterocycles. The number of carbonyl (C=O) groups excluding carboxylic acids is 1. The molecule has 2 amide bonds. The Hall–Kier alpha value is -1.56. The zero-order valence-electron chi connectivity index (χ0n) is 12.1. The summed E-state index contributed by atoms with van der Waals surface area (Å²) < 4.78 is 0. The second kappa shape index (κ2) is 8.58. The predicted octanol–water partition coefficient (Wildman–Crippen LogP) is 1.19. The molecule has 0 aromatic carbocycles. The van der Waals surface area contributed by atoms with Gasteiger partial charge in [0, 0.05) is 18.6 Å². The molecular formula is C14H25N3O3. The Morgan fingerprint density at radius 2 is 2.15 bits per heavy atom. The van der Waals surface area contributed by atoms with Crippen LogP contribution in [-0.4, -0.2) is 53.7 Å². The molecule has 0 radical (unpaired) electrons. The minimum atomic E-state index is -0.803. The molecule has 3 N–H and O–H groups in total. The second-order valence-corrected chi connectivity index (χ2v) is 5.11. The number of aliphatic carboxylic acids is 1. The summed E-state index contributed by atoms with van der Waals surface area (Å²) in [5.41, 5.74) is 0. The fraction of sp³-hybridized carbons (Fsp3) is 0.714. The summed E-state index contributed by atoms with van der Waals surface area (Å²) in [6.45, 7) is 7.02. The van der Waals surface area contributed by atoms with Gasteiger partial charge in [0.25, 0.3) is 0 Å². The summed E-state index contributed by atoms with van der Waals surface area (Å²) in [6, 6.07) is 0.281. The lowest BCUT2D eigenvalue weighted by molar-refractivity contribution is -0.139. The van der Waals surface area contributed by atoms with E-state index in [0.29, 0.717) is 6.54 Å². The normalized spacial score (nSPS) is 21.1. The highest BCUT2D eigenvalue weighted by atomic mass is 16.4. The Labute approximate surface area is 120 Å². The molecule has 1 saturated carbocycles. The average molecular weight is 283 g/mol. The standard InChI is InChI=1S/C14H25N3O3/c1-3-5-6-7-15-14(20)16-11-8-12(9-11)17(4-2)10-13(18)19/h3,11-12H,1,4-10H2,2H3,(H,18,19)(H2,15,16,20). The molecule has 0 bridgehead atoms. The van der Waals surface area contributed by atoms with Crippen LogP contribution >= 0.6 is 0 Å². The number of nitrogens with one attached hydrogen (secondary N) is 2. The minimum Gasteiger partial charge on any atom is -0.480 e. The number of allylic oxidation sites excluding steroid dienone is 1. The number of unbranched alkanes of at least 4 members (excludes halogenated alkanes) is 1. The third-order valence-electron chi connectivity index (χ3n) is 3.58. The lowest BCUT2D eigenvalue weighted by Gasteiger charge is -2.42. The van der Waals surface area contributed by atoms with E-state index in [1.807, 2.05) is 17.9 Å². The van der Waals surface area contributed by atoms with E-state index in [1.54, 1.807) is 0 Å². The third-order valence-corrected chi connectivity index (χ3v) is 3.58. The van der Waals surface area contributed by atoms with Crippen LogP contribution in [0.5, 0.6) is 0 Å². The van der Waals surface area contributed by atoms with Crippen LogP contribution in [0, 0.1) is 0 Å². The molecule has 20 heavy (non-hydrogen) atoms. The lowest BCUT2D eigenvalue weighted by Crippen LogP contribution is -2.56. The SMILES string of the molecule is C=CCCCNC(=O)NC1CC(N(CC)CC(=O)O)C1. The molecule has 6 nitrogen and oxygen atoms in total. The van der Waals surface area contributed by atoms with Crippen molar-refractivity contribution in [2.45, 2.75) is 44.7 Å². The molecule has 0 saturated heterocycles. The maximum atomic E-state index is 11.6. The maximum absolute atomic E-state index is 11.6. The van der Waals surface area contributed by atoms with Gasteiger partial charge in [-0.05, 0) is 32.2 Å². The van der Waals surface area contributed by atoms with Gasteiger partial charge in [-0.2, -0.15) is 0 Å². The van der Waals surface area contributed by atoms with Gasteiger partial charge in [-0.1, -0.05) is 13.0 Å². The summed E-state index contributed by atoms with van der Waals surface area (Å²) in [6.07, 6.45) is 5.26. The van der Waals surface area contributed by atoms with Crippen molar-refractivity contribution in [3.05, 3.63) is 12.7 Å². The molecule has 1 fully saturated rings. The highest BCUT2D eigenvalue weighted by Gasteiger charge is 2.34. The van der Waals surface area contributed by atoms with E-state index in [9.17, 15) is 9.59 Å². The van der Waals surface area contributed by atoms with Crippen LogP contribution in [0.4, 0.5) is 4.79 Å². The molecule has 1 aliphatic carbocycles. The van der Waals surface area contributed by atoms with Gasteiger partial charge in [0.2, 0.25) is 0 Å². The van der Waals surface area contributed by atoms with Gasteiger partial charge in [-0.25, -0.2) is 4.79 Å². The van der Waals surface area contributed by atoms with E-state index in [0.717, 1.165) is 32.2 Å². The first-order valence-corrected chi connectivity index (χ1v) is 7.17. The van der Waals surface area contributed by atoms with Gasteiger partial charge < -0.3 is 15.7 Å². The molecule has 0 aromatic rings. The van der Waals surface area contributed by atoms with Crippen LogP contribution in [0.25, 0.3) is 0 Å². The van der Waals surface area contributed by atoms with Crippen LogP contribution in [0.1, 0.15) is 32.6 Å². The zero-order valence-corrected chi connectivity index (χ0v) is 12.1. The number of carboxylic acid groups (broad SMARTS) is 1. The van der Waals surface area contributed by atoms with Crippen molar-refractivity contribution in [3.8, 4) is 0 Å². The summed E-state index contributed by atoms with van der Waals surface area (Å²) in [4.78, 5) is 24.2. The number of urea groups is 1. The van der Waals surface area contributed by atoms with Gasteiger partial charge in [0.1, 0.15) is 0 Å². The highest BCUT2D eigenvalue weighted by molar-refractivity contribution is 5.74. The monoisotopic (exact) mass is 283 g/mol. The minimum absolute atomic E-state index is 0.0711. The van der Waals surface area contributed by atoms with E-state index >= 15 is 0 Å². The fourth-order valence-electron chi connectivity index (χ4n) is 2.36.